The molecule has 0 heterocycles. The highest BCUT2D eigenvalue weighted by molar-refractivity contribution is 7.99. The number of thioether (sulfide) groups is 1. The fraction of sp³-hybridized carbons (Fsp3) is 0.571. The lowest BCUT2D eigenvalue weighted by molar-refractivity contribution is 0.0778. The van der Waals surface area contributed by atoms with Gasteiger partial charge in [0.25, 0.3) is 0 Å². The van der Waals surface area contributed by atoms with Gasteiger partial charge in [-0.15, -0.1) is 11.8 Å². The van der Waals surface area contributed by atoms with E-state index in [4.69, 9.17) is 0 Å². The van der Waals surface area contributed by atoms with Crippen LogP contribution in [0.3, 0.4) is 0 Å². The van der Waals surface area contributed by atoms with Gasteiger partial charge in [-0.3, -0.25) is 0 Å². The molecule has 0 saturated carbocycles. The van der Waals surface area contributed by atoms with Crippen molar-refractivity contribution in [2.45, 2.75) is 44.2 Å². The van der Waals surface area contributed by atoms with Crippen molar-refractivity contribution >= 4 is 11.8 Å². The second-order valence-corrected chi connectivity index (χ2v) is 6.01. The molecule has 96 valence electrons. The van der Waals surface area contributed by atoms with Crippen LogP contribution in [0.2, 0.25) is 0 Å². The number of nitrogens with one attached hydrogen (secondary N) is 1. The minimum absolute atomic E-state index is 0.561. The summed E-state index contributed by atoms with van der Waals surface area (Å²) in [6, 6.07) is 8.59. The van der Waals surface area contributed by atoms with Crippen molar-refractivity contribution in [1.82, 2.24) is 5.32 Å². The maximum Gasteiger partial charge on any atom is 0.0599 e. The summed E-state index contributed by atoms with van der Waals surface area (Å²) in [5.41, 5.74) is 0.758. The molecule has 1 rings (SSSR count). The zero-order valence-electron chi connectivity index (χ0n) is 11.0. The van der Waals surface area contributed by atoms with Crippen LogP contribution in [0, 0.1) is 0 Å². The number of hydrogen-bond donors (Lipinski definition) is 2. The summed E-state index contributed by atoms with van der Waals surface area (Å²) in [4.78, 5) is 1.28. The Balaban J connectivity index is 2.43. The summed E-state index contributed by atoms with van der Waals surface area (Å²) >= 11 is 1.81. The minimum Gasteiger partial charge on any atom is -0.390 e. The Kier molecular flexibility index (Phi) is 6.03. The third kappa shape index (κ3) is 6.71. The van der Waals surface area contributed by atoms with Crippen molar-refractivity contribution in [3.8, 4) is 0 Å². The van der Waals surface area contributed by atoms with Crippen LogP contribution in [-0.2, 0) is 6.54 Å². The van der Waals surface area contributed by atoms with E-state index >= 15 is 0 Å². The van der Waals surface area contributed by atoms with Crippen LogP contribution >= 0.6 is 11.8 Å². The Hall–Kier alpha value is -0.510. The lowest BCUT2D eigenvalue weighted by atomic mass is 10.1. The molecule has 0 bridgehead atoms. The summed E-state index contributed by atoms with van der Waals surface area (Å²) in [6.07, 6.45) is 0.815. The van der Waals surface area contributed by atoms with Crippen molar-refractivity contribution in [3.05, 3.63) is 29.8 Å². The highest BCUT2D eigenvalue weighted by atomic mass is 32.2. The van der Waals surface area contributed by atoms with E-state index in [1.165, 1.54) is 10.5 Å². The molecule has 1 aromatic carbocycles. The lowest BCUT2D eigenvalue weighted by Crippen LogP contribution is -2.19. The summed E-state index contributed by atoms with van der Waals surface area (Å²) in [7, 11) is 0. The normalized spacial score (nSPS) is 11.8. The first kappa shape index (κ1) is 14.6. The van der Waals surface area contributed by atoms with E-state index in [1.807, 2.05) is 25.6 Å². The standard InChI is InChI=1S/C14H23NOS/c1-4-15-11-12-6-5-7-13(10-12)17-9-8-14(2,3)16/h5-7,10,15-16H,4,8-9,11H2,1-3H3. The molecule has 0 unspecified atom stereocenters. The summed E-state index contributed by atoms with van der Waals surface area (Å²) in [5.74, 6) is 0.953. The lowest BCUT2D eigenvalue weighted by Gasteiger charge is -2.16. The average molecular weight is 253 g/mol. The second-order valence-electron chi connectivity index (χ2n) is 4.84. The largest absolute Gasteiger partial charge is 0.390 e. The maximum absolute atomic E-state index is 9.64. The van der Waals surface area contributed by atoms with Gasteiger partial charge in [-0.2, -0.15) is 0 Å². The molecule has 0 atom stereocenters. The Morgan fingerprint density at radius 2 is 2.12 bits per heavy atom. The third-order valence-electron chi connectivity index (χ3n) is 2.46. The molecule has 0 saturated heterocycles. The van der Waals surface area contributed by atoms with Crippen LogP contribution in [0.4, 0.5) is 0 Å². The molecule has 0 radical (unpaired) electrons. The number of aliphatic hydroxyl groups is 1. The van der Waals surface area contributed by atoms with E-state index in [-0.39, 0.29) is 0 Å². The van der Waals surface area contributed by atoms with Gasteiger partial charge < -0.3 is 10.4 Å². The van der Waals surface area contributed by atoms with Crippen molar-refractivity contribution < 1.29 is 5.11 Å². The number of hydrogen-bond acceptors (Lipinski definition) is 3. The number of benzene rings is 1. The van der Waals surface area contributed by atoms with Gasteiger partial charge in [-0.25, -0.2) is 0 Å². The van der Waals surface area contributed by atoms with E-state index in [0.29, 0.717) is 0 Å². The van der Waals surface area contributed by atoms with Gasteiger partial charge in [0.05, 0.1) is 5.60 Å². The first-order valence-corrected chi connectivity index (χ1v) is 7.14. The van der Waals surface area contributed by atoms with Crippen LogP contribution in [0.15, 0.2) is 29.2 Å². The van der Waals surface area contributed by atoms with Gasteiger partial charge in [0.2, 0.25) is 0 Å². The zero-order valence-corrected chi connectivity index (χ0v) is 11.8. The molecule has 1 aromatic rings. The molecule has 0 aliphatic rings. The SMILES string of the molecule is CCNCc1cccc(SCCC(C)(C)O)c1. The molecule has 2 nitrogen and oxygen atoms in total. The molecule has 2 N–H and O–H groups in total. The second kappa shape index (κ2) is 7.04. The summed E-state index contributed by atoms with van der Waals surface area (Å²) < 4.78 is 0. The first-order valence-electron chi connectivity index (χ1n) is 6.16. The molecule has 0 amide bonds. The van der Waals surface area contributed by atoms with Gasteiger partial charge in [0.1, 0.15) is 0 Å². The predicted molar refractivity (Wildman–Crippen MR) is 75.5 cm³/mol. The molecule has 17 heavy (non-hydrogen) atoms. The first-order chi connectivity index (χ1) is 8.01. The van der Waals surface area contributed by atoms with Crippen LogP contribution in [-0.4, -0.2) is 23.0 Å². The highest BCUT2D eigenvalue weighted by Gasteiger charge is 2.11. The molecule has 0 aromatic heterocycles. The van der Waals surface area contributed by atoms with Gasteiger partial charge in [0, 0.05) is 17.2 Å². The van der Waals surface area contributed by atoms with E-state index in [0.717, 1.165) is 25.3 Å². The molecular formula is C14H23NOS. The van der Waals surface area contributed by atoms with Gasteiger partial charge >= 0.3 is 0 Å². The van der Waals surface area contributed by atoms with Crippen molar-refractivity contribution in [2.75, 3.05) is 12.3 Å². The zero-order chi connectivity index (χ0) is 12.7. The Morgan fingerprint density at radius 3 is 2.76 bits per heavy atom. The molecule has 0 aliphatic heterocycles. The van der Waals surface area contributed by atoms with E-state index in [9.17, 15) is 5.11 Å². The molecular weight excluding hydrogens is 230 g/mol. The minimum atomic E-state index is -0.561. The molecule has 3 heteroatoms. The van der Waals surface area contributed by atoms with E-state index in [1.54, 1.807) is 0 Å². The quantitative estimate of drug-likeness (QED) is 0.733. The van der Waals surface area contributed by atoms with Crippen LogP contribution in [0.1, 0.15) is 32.8 Å². The smallest absolute Gasteiger partial charge is 0.0599 e. The van der Waals surface area contributed by atoms with Gasteiger partial charge in [0.15, 0.2) is 0 Å². The molecule has 0 aliphatic carbocycles. The van der Waals surface area contributed by atoms with E-state index < -0.39 is 5.60 Å². The van der Waals surface area contributed by atoms with Crippen LogP contribution in [0.5, 0.6) is 0 Å². The van der Waals surface area contributed by atoms with Gasteiger partial charge in [-0.05, 0) is 44.5 Å². The van der Waals surface area contributed by atoms with Crippen molar-refractivity contribution in [2.24, 2.45) is 0 Å². The monoisotopic (exact) mass is 253 g/mol. The Bertz CT molecular complexity index is 333. The average Bonchev–Trinajstić information content (AvgIpc) is 2.25. The molecule has 0 fully saturated rings. The Morgan fingerprint density at radius 1 is 1.35 bits per heavy atom. The fourth-order valence-corrected chi connectivity index (χ4v) is 2.68. The Labute approximate surface area is 109 Å². The van der Waals surface area contributed by atoms with Crippen LogP contribution in [0.25, 0.3) is 0 Å². The van der Waals surface area contributed by atoms with Crippen molar-refractivity contribution in [3.63, 3.8) is 0 Å². The summed E-state index contributed by atoms with van der Waals surface area (Å²) in [5, 5.41) is 13.0. The maximum atomic E-state index is 9.64. The summed E-state index contributed by atoms with van der Waals surface area (Å²) in [6.45, 7) is 7.75. The fourth-order valence-electron chi connectivity index (χ4n) is 1.43. The van der Waals surface area contributed by atoms with Crippen molar-refractivity contribution in [1.29, 1.82) is 0 Å². The van der Waals surface area contributed by atoms with Crippen LogP contribution < -0.4 is 5.32 Å². The molecule has 0 spiro atoms. The topological polar surface area (TPSA) is 32.3 Å². The predicted octanol–water partition coefficient (Wildman–Crippen LogP) is 3.05. The highest BCUT2D eigenvalue weighted by Crippen LogP contribution is 2.22. The number of rotatable bonds is 7. The van der Waals surface area contributed by atoms with E-state index in [2.05, 4.69) is 36.5 Å². The third-order valence-corrected chi connectivity index (χ3v) is 3.46. The van der Waals surface area contributed by atoms with Gasteiger partial charge in [-0.1, -0.05) is 19.1 Å².